The molecule has 1 aliphatic carbocycles. The minimum absolute atomic E-state index is 0.212. The first-order chi connectivity index (χ1) is 14.1. The van der Waals surface area contributed by atoms with Gasteiger partial charge in [-0.3, -0.25) is 9.59 Å². The first-order valence-electron chi connectivity index (χ1n) is 10.6. The molecule has 29 heavy (non-hydrogen) atoms. The van der Waals surface area contributed by atoms with Crippen LogP contribution in [0, 0.1) is 12.8 Å². The molecule has 0 bridgehead atoms. The van der Waals surface area contributed by atoms with Gasteiger partial charge in [-0.1, -0.05) is 19.3 Å². The molecular weight excluding hydrogens is 362 g/mol. The van der Waals surface area contributed by atoms with Crippen molar-refractivity contribution < 1.29 is 9.36 Å². The molecule has 0 unspecified atom stereocenters. The Balaban J connectivity index is 1.77. The van der Waals surface area contributed by atoms with E-state index in [9.17, 15) is 9.59 Å². The summed E-state index contributed by atoms with van der Waals surface area (Å²) >= 11 is 0. The molecule has 3 aromatic heterocycles. The third-order valence-corrected chi connectivity index (χ3v) is 6.00. The van der Waals surface area contributed by atoms with Gasteiger partial charge in [0.25, 0.3) is 11.5 Å². The summed E-state index contributed by atoms with van der Waals surface area (Å²) in [6, 6.07) is 9.26. The Morgan fingerprint density at radius 1 is 1.17 bits per heavy atom. The molecular formula is C24H28N3O2+. The first-order valence-corrected chi connectivity index (χ1v) is 10.6. The number of ketones is 1. The largest absolute Gasteiger partial charge is 0.332 e. The molecule has 3 aromatic rings. The molecule has 0 aliphatic heterocycles. The van der Waals surface area contributed by atoms with Gasteiger partial charge in [-0.2, -0.15) is 4.57 Å². The Hall–Kier alpha value is -2.82. The maximum atomic E-state index is 13.5. The van der Waals surface area contributed by atoms with Gasteiger partial charge in [0.05, 0.1) is 10.9 Å². The van der Waals surface area contributed by atoms with Crippen molar-refractivity contribution in [2.75, 3.05) is 0 Å². The Kier molecular flexibility index (Phi) is 5.56. The second-order valence-corrected chi connectivity index (χ2v) is 8.05. The van der Waals surface area contributed by atoms with Crippen LogP contribution >= 0.6 is 0 Å². The Morgan fingerprint density at radius 2 is 1.97 bits per heavy atom. The Labute approximate surface area is 171 Å². The highest BCUT2D eigenvalue weighted by Gasteiger charge is 2.27. The summed E-state index contributed by atoms with van der Waals surface area (Å²) in [5, 5.41) is 0.498. The van der Waals surface area contributed by atoms with Crippen molar-refractivity contribution >= 4 is 16.8 Å². The fraction of sp³-hybridized carbons (Fsp3) is 0.417. The van der Waals surface area contributed by atoms with E-state index in [-0.39, 0.29) is 16.8 Å². The van der Waals surface area contributed by atoms with E-state index in [1.807, 2.05) is 53.4 Å². The van der Waals surface area contributed by atoms with Gasteiger partial charge >= 0.3 is 0 Å². The smallest absolute Gasteiger partial charge is 0.262 e. The summed E-state index contributed by atoms with van der Waals surface area (Å²) in [7, 11) is 0. The van der Waals surface area contributed by atoms with Gasteiger partial charge in [0.1, 0.15) is 5.65 Å². The maximum Gasteiger partial charge on any atom is 0.262 e. The molecule has 0 aromatic carbocycles. The molecule has 5 nitrogen and oxygen atoms in total. The fourth-order valence-electron chi connectivity index (χ4n) is 4.39. The van der Waals surface area contributed by atoms with Crippen molar-refractivity contribution in [1.29, 1.82) is 0 Å². The molecule has 1 aliphatic rings. The number of pyridine rings is 3. The van der Waals surface area contributed by atoms with Crippen LogP contribution in [0.5, 0.6) is 0 Å². The van der Waals surface area contributed by atoms with Crippen LogP contribution < -0.4 is 10.00 Å². The molecule has 150 valence electrons. The van der Waals surface area contributed by atoms with E-state index in [2.05, 4.69) is 4.98 Å². The Bertz CT molecular complexity index is 1110. The number of hydrogen-bond acceptors (Lipinski definition) is 3. The summed E-state index contributed by atoms with van der Waals surface area (Å²) in [6.07, 6.45) is 9.89. The lowest BCUT2D eigenvalue weighted by molar-refractivity contribution is -0.705. The average Bonchev–Trinajstić information content (AvgIpc) is 2.75. The fourth-order valence-corrected chi connectivity index (χ4v) is 4.39. The van der Waals surface area contributed by atoms with Crippen molar-refractivity contribution in [2.45, 2.75) is 59.0 Å². The first kappa shape index (κ1) is 19.5. The third-order valence-electron chi connectivity index (χ3n) is 6.00. The second kappa shape index (κ2) is 8.27. The summed E-state index contributed by atoms with van der Waals surface area (Å²) in [4.78, 5) is 31.1. The highest BCUT2D eigenvalue weighted by molar-refractivity contribution is 6.07. The van der Waals surface area contributed by atoms with E-state index in [1.54, 1.807) is 12.3 Å². The molecule has 1 fully saturated rings. The van der Waals surface area contributed by atoms with E-state index in [0.29, 0.717) is 29.2 Å². The van der Waals surface area contributed by atoms with E-state index >= 15 is 0 Å². The standard InChI is InChI=1S/C24H28N3O2/c1-3-26-16-20(22(28)19-13-12-17(2)25-24(19)26)23(29)21-11-7-8-14-27(21)15-18-9-5-4-6-10-18/h7-8,11-14,16,18H,3-6,9-10,15H2,1-2H3/q+1. The van der Waals surface area contributed by atoms with Gasteiger partial charge < -0.3 is 4.57 Å². The number of aryl methyl sites for hydroxylation is 2. The molecule has 5 heteroatoms. The van der Waals surface area contributed by atoms with Gasteiger partial charge in [0.2, 0.25) is 5.43 Å². The lowest BCUT2D eigenvalue weighted by Gasteiger charge is -2.19. The molecule has 0 amide bonds. The van der Waals surface area contributed by atoms with Gasteiger partial charge in [-0.05, 0) is 44.9 Å². The van der Waals surface area contributed by atoms with Crippen molar-refractivity contribution in [2.24, 2.45) is 5.92 Å². The zero-order valence-electron chi connectivity index (χ0n) is 17.2. The number of fused-ring (bicyclic) bond motifs is 1. The van der Waals surface area contributed by atoms with Crippen LogP contribution in [-0.2, 0) is 13.1 Å². The SMILES string of the molecule is CCn1cc(C(=O)c2cccc[n+]2CC2CCCCC2)c(=O)c2ccc(C)nc21. The molecule has 0 spiro atoms. The van der Waals surface area contributed by atoms with Crippen molar-refractivity contribution in [3.63, 3.8) is 0 Å². The van der Waals surface area contributed by atoms with Crippen LogP contribution in [0.25, 0.3) is 11.0 Å². The van der Waals surface area contributed by atoms with Gasteiger partial charge in [-0.25, -0.2) is 4.98 Å². The normalized spacial score (nSPS) is 15.0. The predicted octanol–water partition coefficient (Wildman–Crippen LogP) is 3.82. The zero-order chi connectivity index (χ0) is 20.4. The highest BCUT2D eigenvalue weighted by Crippen LogP contribution is 2.24. The molecule has 0 N–H and O–H groups in total. The number of carbonyl (C=O) groups excluding carboxylic acids is 1. The summed E-state index contributed by atoms with van der Waals surface area (Å²) in [5.74, 6) is 0.384. The van der Waals surface area contributed by atoms with Crippen LogP contribution in [-0.4, -0.2) is 15.3 Å². The quantitative estimate of drug-likeness (QED) is 0.491. The zero-order valence-corrected chi connectivity index (χ0v) is 17.2. The van der Waals surface area contributed by atoms with Crippen molar-refractivity contribution in [3.05, 3.63) is 69.9 Å². The number of nitrogens with zero attached hydrogens (tertiary/aromatic N) is 3. The van der Waals surface area contributed by atoms with Crippen LogP contribution in [0.4, 0.5) is 0 Å². The summed E-state index contributed by atoms with van der Waals surface area (Å²) < 4.78 is 3.93. The lowest BCUT2D eigenvalue weighted by Crippen LogP contribution is -2.44. The molecule has 1 saturated carbocycles. The van der Waals surface area contributed by atoms with E-state index < -0.39 is 0 Å². The molecule has 4 rings (SSSR count). The molecule has 0 atom stereocenters. The van der Waals surface area contributed by atoms with Crippen LogP contribution in [0.3, 0.4) is 0 Å². The number of hydrogen-bond donors (Lipinski definition) is 0. The maximum absolute atomic E-state index is 13.5. The van der Waals surface area contributed by atoms with Gasteiger partial charge in [0, 0.05) is 36.5 Å². The molecule has 0 saturated heterocycles. The monoisotopic (exact) mass is 390 g/mol. The van der Waals surface area contributed by atoms with Gasteiger partial charge in [-0.15, -0.1) is 0 Å². The lowest BCUT2D eigenvalue weighted by atomic mass is 9.89. The summed E-state index contributed by atoms with van der Waals surface area (Å²) in [6.45, 7) is 5.37. The van der Waals surface area contributed by atoms with E-state index in [0.717, 1.165) is 12.2 Å². The molecule has 3 heterocycles. The Morgan fingerprint density at radius 3 is 2.72 bits per heavy atom. The highest BCUT2D eigenvalue weighted by atomic mass is 16.1. The van der Waals surface area contributed by atoms with E-state index in [1.165, 1.54) is 32.1 Å². The third kappa shape index (κ3) is 3.86. The van der Waals surface area contributed by atoms with E-state index in [4.69, 9.17) is 0 Å². The second-order valence-electron chi connectivity index (χ2n) is 8.05. The predicted molar refractivity (Wildman–Crippen MR) is 113 cm³/mol. The van der Waals surface area contributed by atoms with Crippen LogP contribution in [0.15, 0.2) is 47.5 Å². The minimum Gasteiger partial charge on any atom is -0.332 e. The topological polar surface area (TPSA) is 55.8 Å². The molecule has 0 radical (unpaired) electrons. The van der Waals surface area contributed by atoms with Crippen LogP contribution in [0.2, 0.25) is 0 Å². The summed E-state index contributed by atoms with van der Waals surface area (Å²) in [5.41, 5.74) is 2.05. The number of rotatable bonds is 5. The van der Waals surface area contributed by atoms with Crippen molar-refractivity contribution in [3.8, 4) is 0 Å². The van der Waals surface area contributed by atoms with Crippen molar-refractivity contribution in [1.82, 2.24) is 9.55 Å². The average molecular weight is 391 g/mol. The minimum atomic E-state index is -0.240. The number of aromatic nitrogens is 3. The van der Waals surface area contributed by atoms with Gasteiger partial charge in [0.15, 0.2) is 12.7 Å². The van der Waals surface area contributed by atoms with Crippen LogP contribution in [0.1, 0.15) is 60.8 Å². The number of carbonyl (C=O) groups is 1.